The molecular weight excluding hydrogens is 320 g/mol. The van der Waals surface area contributed by atoms with Gasteiger partial charge in [0.1, 0.15) is 16.9 Å². The average molecular weight is 340 g/mol. The molecule has 0 bridgehead atoms. The standard InChI is InChI=1S/C19H20N2O2S/c1-2-22-15-10-8-14(9-11-15)20-19-21-12-5-13-24-18(21)16-6-3-4-7-17(16)23-19/h3-4,6-11,18H,2,5,12-13H2,1H3/t18-/m1/s1. The Morgan fingerprint density at radius 2 is 2.04 bits per heavy atom. The highest BCUT2D eigenvalue weighted by Crippen LogP contribution is 2.44. The van der Waals surface area contributed by atoms with Crippen LogP contribution < -0.4 is 9.47 Å². The van der Waals surface area contributed by atoms with Crippen molar-refractivity contribution in [1.82, 2.24) is 4.90 Å². The highest BCUT2D eigenvalue weighted by molar-refractivity contribution is 7.99. The van der Waals surface area contributed by atoms with E-state index >= 15 is 0 Å². The number of rotatable bonds is 3. The molecule has 2 aromatic carbocycles. The van der Waals surface area contributed by atoms with Gasteiger partial charge in [0.2, 0.25) is 0 Å². The first-order chi connectivity index (χ1) is 11.8. The van der Waals surface area contributed by atoms with Crippen LogP contribution in [0.3, 0.4) is 0 Å². The maximum atomic E-state index is 6.11. The van der Waals surface area contributed by atoms with Crippen molar-refractivity contribution in [2.24, 2.45) is 4.99 Å². The Labute approximate surface area is 146 Å². The molecule has 0 saturated carbocycles. The van der Waals surface area contributed by atoms with Crippen molar-refractivity contribution in [3.8, 4) is 11.5 Å². The molecule has 24 heavy (non-hydrogen) atoms. The van der Waals surface area contributed by atoms with E-state index in [4.69, 9.17) is 14.5 Å². The van der Waals surface area contributed by atoms with Gasteiger partial charge in [-0.1, -0.05) is 18.2 Å². The third-order valence-electron chi connectivity index (χ3n) is 4.11. The van der Waals surface area contributed by atoms with Crippen molar-refractivity contribution in [1.29, 1.82) is 0 Å². The van der Waals surface area contributed by atoms with Crippen molar-refractivity contribution >= 4 is 23.5 Å². The maximum absolute atomic E-state index is 6.11. The fraction of sp³-hybridized carbons (Fsp3) is 0.316. The Kier molecular flexibility index (Phi) is 4.34. The molecule has 0 amide bonds. The van der Waals surface area contributed by atoms with Crippen LogP contribution in [0.5, 0.6) is 11.5 Å². The van der Waals surface area contributed by atoms with Crippen LogP contribution in [0.1, 0.15) is 24.3 Å². The third kappa shape index (κ3) is 2.96. The summed E-state index contributed by atoms with van der Waals surface area (Å²) in [4.78, 5) is 7.02. The van der Waals surface area contributed by atoms with Crippen LogP contribution >= 0.6 is 11.8 Å². The predicted molar refractivity (Wildman–Crippen MR) is 98.3 cm³/mol. The van der Waals surface area contributed by atoms with Crippen molar-refractivity contribution in [3.63, 3.8) is 0 Å². The van der Waals surface area contributed by atoms with Gasteiger partial charge in [-0.05, 0) is 49.4 Å². The number of ether oxygens (including phenoxy) is 2. The Balaban J connectivity index is 1.66. The molecule has 0 aromatic heterocycles. The second kappa shape index (κ2) is 6.77. The molecule has 0 unspecified atom stereocenters. The minimum absolute atomic E-state index is 0.296. The smallest absolute Gasteiger partial charge is 0.299 e. The Morgan fingerprint density at radius 3 is 2.88 bits per heavy atom. The van der Waals surface area contributed by atoms with Crippen LogP contribution in [0, 0.1) is 0 Å². The highest BCUT2D eigenvalue weighted by Gasteiger charge is 2.35. The van der Waals surface area contributed by atoms with E-state index in [0.717, 1.165) is 30.2 Å². The number of para-hydroxylation sites is 1. The summed E-state index contributed by atoms with van der Waals surface area (Å²) in [5, 5.41) is 0.296. The van der Waals surface area contributed by atoms with Crippen molar-refractivity contribution in [2.45, 2.75) is 18.7 Å². The third-order valence-corrected chi connectivity index (χ3v) is 5.46. The first-order valence-electron chi connectivity index (χ1n) is 8.32. The van der Waals surface area contributed by atoms with E-state index in [9.17, 15) is 0 Å². The molecule has 124 valence electrons. The van der Waals surface area contributed by atoms with E-state index in [0.29, 0.717) is 18.0 Å². The Bertz CT molecular complexity index is 745. The van der Waals surface area contributed by atoms with Crippen molar-refractivity contribution in [2.75, 3.05) is 18.9 Å². The summed E-state index contributed by atoms with van der Waals surface area (Å²) in [5.74, 6) is 2.95. The van der Waals surface area contributed by atoms with Crippen LogP contribution in [-0.2, 0) is 0 Å². The zero-order chi connectivity index (χ0) is 16.4. The van der Waals surface area contributed by atoms with Gasteiger partial charge in [0.05, 0.1) is 12.3 Å². The average Bonchev–Trinajstić information content (AvgIpc) is 2.64. The van der Waals surface area contributed by atoms with E-state index in [1.165, 1.54) is 11.3 Å². The van der Waals surface area contributed by atoms with E-state index < -0.39 is 0 Å². The quantitative estimate of drug-likeness (QED) is 0.817. The number of thioether (sulfide) groups is 1. The van der Waals surface area contributed by atoms with Crippen LogP contribution in [-0.4, -0.2) is 29.8 Å². The lowest BCUT2D eigenvalue weighted by atomic mass is 10.1. The summed E-state index contributed by atoms with van der Waals surface area (Å²) in [7, 11) is 0. The lowest BCUT2D eigenvalue weighted by molar-refractivity contribution is 0.289. The lowest BCUT2D eigenvalue weighted by Gasteiger charge is -2.40. The van der Waals surface area contributed by atoms with Gasteiger partial charge in [-0.15, -0.1) is 11.8 Å². The van der Waals surface area contributed by atoms with Gasteiger partial charge in [0, 0.05) is 12.1 Å². The lowest BCUT2D eigenvalue weighted by Crippen LogP contribution is -2.43. The van der Waals surface area contributed by atoms with Crippen LogP contribution in [0.15, 0.2) is 53.5 Å². The molecule has 0 spiro atoms. The molecule has 2 aliphatic heterocycles. The largest absolute Gasteiger partial charge is 0.494 e. The van der Waals surface area contributed by atoms with Gasteiger partial charge in [0.15, 0.2) is 0 Å². The second-order valence-electron chi connectivity index (χ2n) is 5.73. The summed E-state index contributed by atoms with van der Waals surface area (Å²) in [5.41, 5.74) is 2.12. The van der Waals surface area contributed by atoms with E-state index in [1.807, 2.05) is 55.1 Å². The summed E-state index contributed by atoms with van der Waals surface area (Å²) >= 11 is 1.96. The molecule has 1 fully saturated rings. The molecule has 0 N–H and O–H groups in total. The molecular formula is C19H20N2O2S. The van der Waals surface area contributed by atoms with Gasteiger partial charge in [-0.25, -0.2) is 0 Å². The van der Waals surface area contributed by atoms with Gasteiger partial charge in [-0.3, -0.25) is 0 Å². The highest BCUT2D eigenvalue weighted by atomic mass is 32.2. The molecule has 5 heteroatoms. The van der Waals surface area contributed by atoms with Gasteiger partial charge >= 0.3 is 0 Å². The number of benzene rings is 2. The minimum atomic E-state index is 0.296. The molecule has 2 aliphatic rings. The fourth-order valence-electron chi connectivity index (χ4n) is 3.01. The van der Waals surface area contributed by atoms with Gasteiger partial charge in [-0.2, -0.15) is 4.99 Å². The summed E-state index contributed by atoms with van der Waals surface area (Å²) < 4.78 is 11.6. The Morgan fingerprint density at radius 1 is 1.21 bits per heavy atom. The molecule has 4 rings (SSSR count). The van der Waals surface area contributed by atoms with Crippen LogP contribution in [0.4, 0.5) is 5.69 Å². The molecule has 0 radical (unpaired) electrons. The summed E-state index contributed by atoms with van der Waals surface area (Å²) in [6.45, 7) is 3.62. The van der Waals surface area contributed by atoms with E-state index in [2.05, 4.69) is 17.0 Å². The summed E-state index contributed by atoms with van der Waals surface area (Å²) in [6.07, 6.45) is 1.15. The first-order valence-corrected chi connectivity index (χ1v) is 9.36. The molecule has 0 aliphatic carbocycles. The number of aliphatic imine (C=N–C) groups is 1. The minimum Gasteiger partial charge on any atom is -0.494 e. The van der Waals surface area contributed by atoms with Gasteiger partial charge < -0.3 is 14.4 Å². The zero-order valence-electron chi connectivity index (χ0n) is 13.6. The number of hydrogen-bond donors (Lipinski definition) is 0. The van der Waals surface area contributed by atoms with Gasteiger partial charge in [0.25, 0.3) is 6.02 Å². The van der Waals surface area contributed by atoms with E-state index in [1.54, 1.807) is 0 Å². The number of fused-ring (bicyclic) bond motifs is 3. The molecule has 1 saturated heterocycles. The maximum Gasteiger partial charge on any atom is 0.299 e. The first kappa shape index (κ1) is 15.4. The zero-order valence-corrected chi connectivity index (χ0v) is 14.5. The van der Waals surface area contributed by atoms with Crippen LogP contribution in [0.25, 0.3) is 0 Å². The molecule has 2 heterocycles. The Hall–Kier alpha value is -2.14. The normalized spacial score (nSPS) is 21.0. The molecule has 2 aromatic rings. The van der Waals surface area contributed by atoms with E-state index in [-0.39, 0.29) is 0 Å². The number of amidine groups is 1. The molecule has 1 atom stereocenters. The van der Waals surface area contributed by atoms with Crippen molar-refractivity contribution in [3.05, 3.63) is 54.1 Å². The molecule has 4 nitrogen and oxygen atoms in total. The number of hydrogen-bond acceptors (Lipinski definition) is 4. The SMILES string of the molecule is CCOc1ccc(N=C2Oc3ccccc3[C@H]3SCCCN23)cc1. The monoisotopic (exact) mass is 340 g/mol. The second-order valence-corrected chi connectivity index (χ2v) is 6.92. The van der Waals surface area contributed by atoms with Crippen molar-refractivity contribution < 1.29 is 9.47 Å². The van der Waals surface area contributed by atoms with Crippen LogP contribution in [0.2, 0.25) is 0 Å². The fourth-order valence-corrected chi connectivity index (χ4v) is 4.28. The topological polar surface area (TPSA) is 34.1 Å². The summed E-state index contributed by atoms with van der Waals surface area (Å²) in [6, 6.07) is 16.8. The predicted octanol–water partition coefficient (Wildman–Crippen LogP) is 4.60. The number of nitrogens with zero attached hydrogens (tertiary/aromatic N) is 2.